The van der Waals surface area contributed by atoms with Crippen LogP contribution in [0.4, 0.5) is 11.4 Å². The summed E-state index contributed by atoms with van der Waals surface area (Å²) in [5.74, 6) is 0.288. The summed E-state index contributed by atoms with van der Waals surface area (Å²) in [6, 6.07) is 14.3. The molecule has 0 aromatic heterocycles. The van der Waals surface area contributed by atoms with Crippen LogP contribution in [-0.4, -0.2) is 0 Å². The maximum atomic E-state index is 6.01. The van der Waals surface area contributed by atoms with Gasteiger partial charge in [-0.15, -0.1) is 0 Å². The molecule has 4 N–H and O–H groups in total. The van der Waals surface area contributed by atoms with Crippen molar-refractivity contribution < 1.29 is 0 Å². The fourth-order valence-corrected chi connectivity index (χ4v) is 2.02. The molecule has 0 bridgehead atoms. The monoisotopic (exact) mass is 226 g/mol. The minimum Gasteiger partial charge on any atom is -0.399 e. The molecule has 0 spiro atoms. The Bertz CT molecular complexity index is 515. The van der Waals surface area contributed by atoms with Gasteiger partial charge in [-0.1, -0.05) is 42.8 Å². The summed E-state index contributed by atoms with van der Waals surface area (Å²) in [7, 11) is 0. The Kier molecular flexibility index (Phi) is 3.05. The van der Waals surface area contributed by atoms with E-state index in [1.165, 1.54) is 11.1 Å². The fourth-order valence-electron chi connectivity index (χ4n) is 2.02. The average Bonchev–Trinajstić information content (AvgIpc) is 2.29. The normalized spacial score (nSPS) is 12.4. The van der Waals surface area contributed by atoms with Gasteiger partial charge in [-0.2, -0.15) is 0 Å². The lowest BCUT2D eigenvalue weighted by Crippen LogP contribution is -2.02. The van der Waals surface area contributed by atoms with Crippen LogP contribution in [0.15, 0.2) is 42.5 Å². The van der Waals surface area contributed by atoms with Gasteiger partial charge in [0, 0.05) is 17.3 Å². The molecule has 2 heteroatoms. The highest BCUT2D eigenvalue weighted by molar-refractivity contribution is 5.59. The number of anilines is 2. The van der Waals surface area contributed by atoms with E-state index in [1.54, 1.807) is 0 Å². The lowest BCUT2D eigenvalue weighted by atomic mass is 9.91. The minimum atomic E-state index is 0.288. The molecule has 88 valence electrons. The van der Waals surface area contributed by atoms with E-state index in [-0.39, 0.29) is 5.92 Å². The number of hydrogen-bond donors (Lipinski definition) is 2. The molecule has 1 atom stereocenters. The first-order valence-corrected chi connectivity index (χ1v) is 5.79. The highest BCUT2D eigenvalue weighted by Crippen LogP contribution is 2.29. The maximum Gasteiger partial charge on any atom is 0.0373 e. The molecule has 0 saturated heterocycles. The van der Waals surface area contributed by atoms with Crippen LogP contribution in [0.3, 0.4) is 0 Å². The summed E-state index contributed by atoms with van der Waals surface area (Å²) in [6.07, 6.45) is 0. The first kappa shape index (κ1) is 11.5. The highest BCUT2D eigenvalue weighted by atomic mass is 14.6. The van der Waals surface area contributed by atoms with Gasteiger partial charge in [0.1, 0.15) is 0 Å². The number of nitrogens with two attached hydrogens (primary N) is 2. The molecule has 2 rings (SSSR count). The van der Waals surface area contributed by atoms with Crippen molar-refractivity contribution in [3.05, 3.63) is 59.2 Å². The van der Waals surface area contributed by atoms with Crippen LogP contribution >= 0.6 is 0 Å². The van der Waals surface area contributed by atoms with Crippen LogP contribution < -0.4 is 11.5 Å². The Labute approximate surface area is 102 Å². The highest BCUT2D eigenvalue weighted by Gasteiger charge is 2.11. The van der Waals surface area contributed by atoms with Crippen LogP contribution in [0.1, 0.15) is 29.5 Å². The second-order valence-corrected chi connectivity index (χ2v) is 4.52. The van der Waals surface area contributed by atoms with Crippen LogP contribution in [-0.2, 0) is 0 Å². The number of nitrogen functional groups attached to an aromatic ring is 2. The van der Waals surface area contributed by atoms with Crippen LogP contribution in [0.2, 0.25) is 0 Å². The number of hydrogen-bond acceptors (Lipinski definition) is 2. The molecular weight excluding hydrogens is 208 g/mol. The second-order valence-electron chi connectivity index (χ2n) is 4.52. The number of rotatable bonds is 2. The molecule has 2 aromatic rings. The standard InChI is InChI=1S/C15H18N2/c1-10-3-5-12(6-4-10)11(2)14-8-7-13(16)9-15(14)17/h3-9,11H,16-17H2,1-2H3. The zero-order valence-electron chi connectivity index (χ0n) is 10.3. The SMILES string of the molecule is Cc1ccc(C(C)c2ccc(N)cc2N)cc1. The molecular formula is C15H18N2. The van der Waals surface area contributed by atoms with E-state index in [9.17, 15) is 0 Å². The van der Waals surface area contributed by atoms with E-state index in [0.717, 1.165) is 11.3 Å². The van der Waals surface area contributed by atoms with E-state index in [4.69, 9.17) is 11.5 Å². The second kappa shape index (κ2) is 4.50. The number of benzene rings is 2. The Hall–Kier alpha value is -1.96. The van der Waals surface area contributed by atoms with Gasteiger partial charge < -0.3 is 11.5 Å². The molecule has 0 saturated carbocycles. The predicted molar refractivity (Wildman–Crippen MR) is 74.0 cm³/mol. The molecule has 2 aromatic carbocycles. The van der Waals surface area contributed by atoms with Crippen molar-refractivity contribution in [2.75, 3.05) is 11.5 Å². The Morgan fingerprint density at radius 1 is 0.941 bits per heavy atom. The largest absolute Gasteiger partial charge is 0.399 e. The summed E-state index contributed by atoms with van der Waals surface area (Å²) in [6.45, 7) is 4.25. The fraction of sp³-hybridized carbons (Fsp3) is 0.200. The van der Waals surface area contributed by atoms with Crippen molar-refractivity contribution in [1.82, 2.24) is 0 Å². The van der Waals surface area contributed by atoms with Gasteiger partial charge in [-0.3, -0.25) is 0 Å². The number of aryl methyl sites for hydroxylation is 1. The van der Waals surface area contributed by atoms with Gasteiger partial charge in [0.2, 0.25) is 0 Å². The molecule has 0 aliphatic rings. The van der Waals surface area contributed by atoms with Crippen LogP contribution in [0, 0.1) is 6.92 Å². The van der Waals surface area contributed by atoms with Crippen LogP contribution in [0.5, 0.6) is 0 Å². The lowest BCUT2D eigenvalue weighted by Gasteiger charge is -2.15. The third-order valence-electron chi connectivity index (χ3n) is 3.15. The zero-order valence-corrected chi connectivity index (χ0v) is 10.3. The molecule has 0 radical (unpaired) electrons. The van der Waals surface area contributed by atoms with Crippen LogP contribution in [0.25, 0.3) is 0 Å². The van der Waals surface area contributed by atoms with E-state index >= 15 is 0 Å². The Balaban J connectivity index is 2.36. The van der Waals surface area contributed by atoms with Crippen molar-refractivity contribution in [1.29, 1.82) is 0 Å². The Morgan fingerprint density at radius 3 is 2.18 bits per heavy atom. The third-order valence-corrected chi connectivity index (χ3v) is 3.15. The lowest BCUT2D eigenvalue weighted by molar-refractivity contribution is 0.925. The van der Waals surface area contributed by atoms with Crippen molar-refractivity contribution in [3.8, 4) is 0 Å². The van der Waals surface area contributed by atoms with E-state index in [1.807, 2.05) is 18.2 Å². The van der Waals surface area contributed by atoms with E-state index < -0.39 is 0 Å². The summed E-state index contributed by atoms with van der Waals surface area (Å²) >= 11 is 0. The molecule has 0 aliphatic carbocycles. The van der Waals surface area contributed by atoms with Gasteiger partial charge >= 0.3 is 0 Å². The van der Waals surface area contributed by atoms with Gasteiger partial charge in [-0.25, -0.2) is 0 Å². The van der Waals surface area contributed by atoms with Crippen molar-refractivity contribution in [2.24, 2.45) is 0 Å². The van der Waals surface area contributed by atoms with Gasteiger partial charge in [0.25, 0.3) is 0 Å². The predicted octanol–water partition coefficient (Wildman–Crippen LogP) is 3.31. The topological polar surface area (TPSA) is 52.0 Å². The van der Waals surface area contributed by atoms with Gasteiger partial charge in [0.15, 0.2) is 0 Å². The van der Waals surface area contributed by atoms with Crippen molar-refractivity contribution in [2.45, 2.75) is 19.8 Å². The third kappa shape index (κ3) is 2.41. The first-order chi connectivity index (χ1) is 8.08. The molecule has 1 unspecified atom stereocenters. The minimum absolute atomic E-state index is 0.288. The summed E-state index contributed by atoms with van der Waals surface area (Å²) in [4.78, 5) is 0. The molecule has 17 heavy (non-hydrogen) atoms. The maximum absolute atomic E-state index is 6.01. The Morgan fingerprint density at radius 2 is 1.59 bits per heavy atom. The first-order valence-electron chi connectivity index (χ1n) is 5.79. The van der Waals surface area contributed by atoms with Gasteiger partial charge in [0.05, 0.1) is 0 Å². The summed E-state index contributed by atoms with van der Waals surface area (Å²) < 4.78 is 0. The van der Waals surface area contributed by atoms with Crippen molar-refractivity contribution >= 4 is 11.4 Å². The zero-order chi connectivity index (χ0) is 12.4. The quantitative estimate of drug-likeness (QED) is 0.772. The summed E-state index contributed by atoms with van der Waals surface area (Å²) in [5.41, 5.74) is 16.9. The van der Waals surface area contributed by atoms with Gasteiger partial charge in [-0.05, 0) is 30.2 Å². The smallest absolute Gasteiger partial charge is 0.0373 e. The average molecular weight is 226 g/mol. The molecule has 0 aliphatic heterocycles. The molecule has 2 nitrogen and oxygen atoms in total. The molecule has 0 heterocycles. The molecule has 0 fully saturated rings. The van der Waals surface area contributed by atoms with E-state index in [0.29, 0.717) is 5.69 Å². The molecule has 0 amide bonds. The van der Waals surface area contributed by atoms with E-state index in [2.05, 4.69) is 38.1 Å². The summed E-state index contributed by atoms with van der Waals surface area (Å²) in [5, 5.41) is 0. The van der Waals surface area contributed by atoms with Crippen molar-refractivity contribution in [3.63, 3.8) is 0 Å².